The van der Waals surface area contributed by atoms with Crippen molar-refractivity contribution in [3.05, 3.63) is 57.7 Å². The highest BCUT2D eigenvalue weighted by Crippen LogP contribution is 2.44. The molecule has 1 aliphatic rings. The van der Waals surface area contributed by atoms with Gasteiger partial charge in [-0.05, 0) is 123 Å². The zero-order valence-corrected chi connectivity index (χ0v) is 21.1. The van der Waals surface area contributed by atoms with Crippen molar-refractivity contribution < 1.29 is 9.84 Å². The molecule has 1 unspecified atom stereocenters. The second kappa shape index (κ2) is 11.1. The largest absolute Gasteiger partial charge is 0.507 e. The molecule has 2 nitrogen and oxygen atoms in total. The molecule has 1 atom stereocenters. The lowest BCUT2D eigenvalue weighted by molar-refractivity contribution is 0.0558. The molecule has 1 aromatic rings. The molecular formula is C29H44O2. The van der Waals surface area contributed by atoms with E-state index in [-0.39, 0.29) is 5.60 Å². The fourth-order valence-corrected chi connectivity index (χ4v) is 4.51. The molecule has 0 amide bonds. The number of rotatable bonds is 10. The van der Waals surface area contributed by atoms with Crippen LogP contribution in [0.25, 0.3) is 0 Å². The van der Waals surface area contributed by atoms with Crippen LogP contribution < -0.4 is 4.74 Å². The van der Waals surface area contributed by atoms with Crippen molar-refractivity contribution in [2.24, 2.45) is 0 Å². The Morgan fingerprint density at radius 3 is 2.29 bits per heavy atom. The van der Waals surface area contributed by atoms with E-state index >= 15 is 0 Å². The maximum Gasteiger partial charge on any atom is 0.127 e. The maximum absolute atomic E-state index is 10.4. The highest BCUT2D eigenvalue weighted by Gasteiger charge is 2.33. The lowest BCUT2D eigenvalue weighted by Crippen LogP contribution is -2.37. The second-order valence-corrected chi connectivity index (χ2v) is 10.1. The minimum absolute atomic E-state index is 0.135. The molecule has 2 heteroatoms. The minimum atomic E-state index is -0.135. The van der Waals surface area contributed by atoms with Crippen LogP contribution in [0.4, 0.5) is 0 Å². The normalized spacial score (nSPS) is 19.2. The Labute approximate surface area is 191 Å². The first-order valence-corrected chi connectivity index (χ1v) is 12.0. The molecule has 1 heterocycles. The van der Waals surface area contributed by atoms with Gasteiger partial charge in [-0.15, -0.1) is 6.58 Å². The van der Waals surface area contributed by atoms with Gasteiger partial charge in [-0.3, -0.25) is 0 Å². The molecule has 0 aromatic heterocycles. The van der Waals surface area contributed by atoms with Gasteiger partial charge in [-0.1, -0.05) is 28.9 Å². The van der Waals surface area contributed by atoms with Crippen LogP contribution in [0.3, 0.4) is 0 Å². The molecule has 172 valence electrons. The fraction of sp³-hybridized carbons (Fsp3) is 0.586. The number of phenolic OH excluding ortho intramolecular Hbond substituents is 1. The first-order valence-electron chi connectivity index (χ1n) is 12.0. The first kappa shape index (κ1) is 25.3. The summed E-state index contributed by atoms with van der Waals surface area (Å²) < 4.78 is 6.56. The summed E-state index contributed by atoms with van der Waals surface area (Å²) >= 11 is 0. The van der Waals surface area contributed by atoms with Gasteiger partial charge >= 0.3 is 0 Å². The third-order valence-electron chi connectivity index (χ3n) is 6.96. The second-order valence-electron chi connectivity index (χ2n) is 10.1. The summed E-state index contributed by atoms with van der Waals surface area (Å²) in [5, 5.41) is 10.4. The number of benzene rings is 1. The number of allylic oxidation sites excluding steroid dienone is 5. The quantitative estimate of drug-likeness (QED) is 0.381. The predicted octanol–water partition coefficient (Wildman–Crippen LogP) is 8.60. The number of aromatic hydroxyl groups is 1. The molecule has 1 aromatic carbocycles. The molecular weight excluding hydrogens is 380 g/mol. The molecule has 0 radical (unpaired) electrons. The summed E-state index contributed by atoms with van der Waals surface area (Å²) in [6.45, 7) is 18.9. The first-order chi connectivity index (χ1) is 14.5. The van der Waals surface area contributed by atoms with E-state index in [1.165, 1.54) is 35.1 Å². The van der Waals surface area contributed by atoms with E-state index in [9.17, 15) is 5.11 Å². The fourth-order valence-electron chi connectivity index (χ4n) is 4.51. The monoisotopic (exact) mass is 424 g/mol. The van der Waals surface area contributed by atoms with Crippen LogP contribution in [0.1, 0.15) is 101 Å². The number of hydrogen-bond acceptors (Lipinski definition) is 2. The molecule has 0 fully saturated rings. The van der Waals surface area contributed by atoms with Gasteiger partial charge in [-0.2, -0.15) is 0 Å². The number of hydrogen-bond donors (Lipinski definition) is 1. The van der Waals surface area contributed by atoms with Crippen LogP contribution in [0.5, 0.6) is 11.5 Å². The van der Waals surface area contributed by atoms with Crippen LogP contribution in [-0.2, 0) is 6.42 Å². The van der Waals surface area contributed by atoms with Gasteiger partial charge in [0.05, 0.1) is 0 Å². The summed E-state index contributed by atoms with van der Waals surface area (Å²) in [7, 11) is 0. The smallest absolute Gasteiger partial charge is 0.127 e. The van der Waals surface area contributed by atoms with Crippen molar-refractivity contribution in [1.82, 2.24) is 0 Å². The van der Waals surface area contributed by atoms with Crippen LogP contribution in [0, 0.1) is 20.8 Å². The minimum Gasteiger partial charge on any atom is -0.507 e. The Morgan fingerprint density at radius 2 is 1.61 bits per heavy atom. The van der Waals surface area contributed by atoms with E-state index in [2.05, 4.69) is 53.3 Å². The third kappa shape index (κ3) is 7.02. The predicted molar refractivity (Wildman–Crippen MR) is 134 cm³/mol. The zero-order chi connectivity index (χ0) is 23.2. The van der Waals surface area contributed by atoms with E-state index in [1.807, 2.05) is 13.8 Å². The SMILES string of the molecule is C=C(C)CCC/C(C)=C/CC/C(C)=C/CCC1(C)CCc2c(C)c(O)c(C)c(C)c2O1. The van der Waals surface area contributed by atoms with Gasteiger partial charge in [0.2, 0.25) is 0 Å². The lowest BCUT2D eigenvalue weighted by atomic mass is 9.85. The van der Waals surface area contributed by atoms with Gasteiger partial charge in [-0.25, -0.2) is 0 Å². The maximum atomic E-state index is 10.4. The summed E-state index contributed by atoms with van der Waals surface area (Å²) in [5.41, 5.74) is 8.32. The summed E-state index contributed by atoms with van der Waals surface area (Å²) in [6, 6.07) is 0. The molecule has 31 heavy (non-hydrogen) atoms. The van der Waals surface area contributed by atoms with E-state index in [4.69, 9.17) is 4.74 Å². The Balaban J connectivity index is 1.86. The van der Waals surface area contributed by atoms with Crippen molar-refractivity contribution >= 4 is 0 Å². The summed E-state index contributed by atoms with van der Waals surface area (Å²) in [4.78, 5) is 0. The molecule has 0 saturated heterocycles. The number of phenols is 1. The third-order valence-corrected chi connectivity index (χ3v) is 6.96. The van der Waals surface area contributed by atoms with Gasteiger partial charge in [0, 0.05) is 5.56 Å². The van der Waals surface area contributed by atoms with Crippen LogP contribution >= 0.6 is 0 Å². The number of fused-ring (bicyclic) bond motifs is 1. The Hall–Kier alpha value is -1.96. The molecule has 2 rings (SSSR count). The van der Waals surface area contributed by atoms with Gasteiger partial charge in [0.25, 0.3) is 0 Å². The van der Waals surface area contributed by atoms with Crippen LogP contribution in [0.15, 0.2) is 35.5 Å². The Morgan fingerprint density at radius 1 is 0.968 bits per heavy atom. The van der Waals surface area contributed by atoms with Crippen LogP contribution in [0.2, 0.25) is 0 Å². The zero-order valence-electron chi connectivity index (χ0n) is 21.1. The average molecular weight is 425 g/mol. The van der Waals surface area contributed by atoms with E-state index in [0.717, 1.165) is 67.4 Å². The summed E-state index contributed by atoms with van der Waals surface area (Å²) in [6.07, 6.45) is 14.6. The Kier molecular flexibility index (Phi) is 9.03. The molecule has 0 aliphatic carbocycles. The van der Waals surface area contributed by atoms with Gasteiger partial charge < -0.3 is 9.84 Å². The number of ether oxygens (including phenoxy) is 1. The van der Waals surface area contributed by atoms with Crippen molar-refractivity contribution in [2.45, 2.75) is 112 Å². The molecule has 1 aliphatic heterocycles. The van der Waals surface area contributed by atoms with Crippen molar-refractivity contribution in [1.29, 1.82) is 0 Å². The van der Waals surface area contributed by atoms with Gasteiger partial charge in [0.15, 0.2) is 0 Å². The summed E-state index contributed by atoms with van der Waals surface area (Å²) in [5.74, 6) is 1.44. The van der Waals surface area contributed by atoms with Crippen molar-refractivity contribution in [3.8, 4) is 11.5 Å². The van der Waals surface area contributed by atoms with Crippen LogP contribution in [-0.4, -0.2) is 10.7 Å². The molecule has 0 bridgehead atoms. The standard InChI is InChI=1S/C29H44O2/c1-20(2)12-9-13-21(3)14-10-15-22(4)16-11-18-29(8)19-17-26-25(7)27(30)23(5)24(6)28(26)31-29/h14,16,30H,1,9-13,15,17-19H2,2-8H3/b21-14+,22-16+. The van der Waals surface area contributed by atoms with E-state index < -0.39 is 0 Å². The topological polar surface area (TPSA) is 29.5 Å². The molecule has 0 spiro atoms. The molecule has 0 saturated carbocycles. The van der Waals surface area contributed by atoms with Gasteiger partial charge in [0.1, 0.15) is 17.1 Å². The van der Waals surface area contributed by atoms with E-state index in [0.29, 0.717) is 5.75 Å². The molecule has 1 N–H and O–H groups in total. The Bertz CT molecular complexity index is 856. The van der Waals surface area contributed by atoms with Crippen molar-refractivity contribution in [3.63, 3.8) is 0 Å². The lowest BCUT2D eigenvalue weighted by Gasteiger charge is -2.38. The average Bonchev–Trinajstić information content (AvgIpc) is 2.70. The van der Waals surface area contributed by atoms with Crippen molar-refractivity contribution in [2.75, 3.05) is 0 Å². The highest BCUT2D eigenvalue weighted by molar-refractivity contribution is 5.58. The van der Waals surface area contributed by atoms with E-state index in [1.54, 1.807) is 0 Å². The highest BCUT2D eigenvalue weighted by atomic mass is 16.5.